The van der Waals surface area contributed by atoms with E-state index in [4.69, 9.17) is 10.9 Å². The molecule has 0 bridgehead atoms. The van der Waals surface area contributed by atoms with Gasteiger partial charge in [0.15, 0.2) is 5.84 Å². The zero-order valence-electron chi connectivity index (χ0n) is 10.7. The SMILES string of the molecule is CCCC(C)C(=O)Nc1cccc(/C(N)=N/O)c1. The summed E-state index contributed by atoms with van der Waals surface area (Å²) in [6, 6.07) is 6.89. The van der Waals surface area contributed by atoms with Crippen molar-refractivity contribution in [2.75, 3.05) is 5.32 Å². The van der Waals surface area contributed by atoms with E-state index in [1.54, 1.807) is 24.3 Å². The Hall–Kier alpha value is -2.04. The molecule has 1 amide bonds. The largest absolute Gasteiger partial charge is 0.409 e. The monoisotopic (exact) mass is 249 g/mol. The Morgan fingerprint density at radius 1 is 1.56 bits per heavy atom. The van der Waals surface area contributed by atoms with Crippen LogP contribution < -0.4 is 11.1 Å². The number of carbonyl (C=O) groups excluding carboxylic acids is 1. The summed E-state index contributed by atoms with van der Waals surface area (Å²) < 4.78 is 0. The minimum atomic E-state index is -0.0255. The lowest BCUT2D eigenvalue weighted by atomic mass is 10.1. The lowest BCUT2D eigenvalue weighted by molar-refractivity contribution is -0.119. The van der Waals surface area contributed by atoms with Crippen molar-refractivity contribution in [2.45, 2.75) is 26.7 Å². The van der Waals surface area contributed by atoms with Crippen LogP contribution in [0.15, 0.2) is 29.4 Å². The summed E-state index contributed by atoms with van der Waals surface area (Å²) in [6.07, 6.45) is 1.82. The Kier molecular flexibility index (Phi) is 5.17. The van der Waals surface area contributed by atoms with Gasteiger partial charge in [0.1, 0.15) is 0 Å². The van der Waals surface area contributed by atoms with Crippen LogP contribution in [0, 0.1) is 5.92 Å². The number of benzene rings is 1. The molecule has 0 aromatic heterocycles. The number of anilines is 1. The number of carbonyl (C=O) groups is 1. The first-order chi connectivity index (χ1) is 8.58. The predicted molar refractivity (Wildman–Crippen MR) is 71.7 cm³/mol. The van der Waals surface area contributed by atoms with Gasteiger partial charge in [-0.2, -0.15) is 0 Å². The summed E-state index contributed by atoms with van der Waals surface area (Å²) in [4.78, 5) is 11.8. The minimum Gasteiger partial charge on any atom is -0.409 e. The lowest BCUT2D eigenvalue weighted by Crippen LogP contribution is -2.20. The number of amidine groups is 1. The van der Waals surface area contributed by atoms with Crippen molar-refractivity contribution in [1.29, 1.82) is 0 Å². The molecule has 1 aromatic rings. The molecule has 0 heterocycles. The number of nitrogens with two attached hydrogens (primary N) is 1. The van der Waals surface area contributed by atoms with Gasteiger partial charge in [0.2, 0.25) is 5.91 Å². The van der Waals surface area contributed by atoms with Crippen LogP contribution in [0.2, 0.25) is 0 Å². The molecule has 0 radical (unpaired) electrons. The summed E-state index contributed by atoms with van der Waals surface area (Å²) in [6.45, 7) is 3.94. The molecular formula is C13H19N3O2. The second-order valence-electron chi connectivity index (χ2n) is 4.25. The van der Waals surface area contributed by atoms with E-state index in [2.05, 4.69) is 10.5 Å². The maximum atomic E-state index is 11.8. The highest BCUT2D eigenvalue weighted by atomic mass is 16.4. The highest BCUT2D eigenvalue weighted by Crippen LogP contribution is 2.13. The summed E-state index contributed by atoms with van der Waals surface area (Å²) in [5, 5.41) is 14.3. The third-order valence-corrected chi connectivity index (χ3v) is 2.70. The number of nitrogens with one attached hydrogen (secondary N) is 1. The Labute approximate surface area is 107 Å². The van der Waals surface area contributed by atoms with Crippen molar-refractivity contribution < 1.29 is 10.0 Å². The van der Waals surface area contributed by atoms with Crippen LogP contribution in [0.4, 0.5) is 5.69 Å². The number of hydrogen-bond acceptors (Lipinski definition) is 3. The molecule has 1 atom stereocenters. The molecule has 4 N–H and O–H groups in total. The molecule has 0 fully saturated rings. The van der Waals surface area contributed by atoms with Crippen molar-refractivity contribution in [1.82, 2.24) is 0 Å². The molecule has 1 unspecified atom stereocenters. The maximum absolute atomic E-state index is 11.8. The zero-order valence-corrected chi connectivity index (χ0v) is 10.7. The van der Waals surface area contributed by atoms with E-state index in [1.807, 2.05) is 13.8 Å². The Balaban J connectivity index is 2.76. The quantitative estimate of drug-likeness (QED) is 0.323. The lowest BCUT2D eigenvalue weighted by Gasteiger charge is -2.11. The van der Waals surface area contributed by atoms with E-state index in [1.165, 1.54) is 0 Å². The molecule has 98 valence electrons. The van der Waals surface area contributed by atoms with Gasteiger partial charge in [-0.1, -0.05) is 37.6 Å². The molecule has 0 spiro atoms. The molecular weight excluding hydrogens is 230 g/mol. The van der Waals surface area contributed by atoms with Gasteiger partial charge in [-0.05, 0) is 18.6 Å². The fourth-order valence-electron chi connectivity index (χ4n) is 1.64. The second kappa shape index (κ2) is 6.64. The Morgan fingerprint density at radius 3 is 2.89 bits per heavy atom. The van der Waals surface area contributed by atoms with Crippen molar-refractivity contribution >= 4 is 17.4 Å². The average molecular weight is 249 g/mol. The van der Waals surface area contributed by atoms with E-state index < -0.39 is 0 Å². The summed E-state index contributed by atoms with van der Waals surface area (Å²) in [5.41, 5.74) is 6.70. The van der Waals surface area contributed by atoms with E-state index >= 15 is 0 Å². The van der Waals surface area contributed by atoms with E-state index in [9.17, 15) is 4.79 Å². The molecule has 0 aliphatic carbocycles. The molecule has 5 nitrogen and oxygen atoms in total. The van der Waals surface area contributed by atoms with Crippen LogP contribution in [-0.4, -0.2) is 17.0 Å². The normalized spacial score (nSPS) is 13.1. The molecule has 5 heteroatoms. The van der Waals surface area contributed by atoms with Crippen molar-refractivity contribution in [3.8, 4) is 0 Å². The predicted octanol–water partition coefficient (Wildman–Crippen LogP) is 2.16. The Morgan fingerprint density at radius 2 is 2.28 bits per heavy atom. The van der Waals surface area contributed by atoms with Gasteiger partial charge in [-0.25, -0.2) is 0 Å². The van der Waals surface area contributed by atoms with Crippen molar-refractivity contribution in [3.63, 3.8) is 0 Å². The standard InChI is InChI=1S/C13H19N3O2/c1-3-5-9(2)13(17)15-11-7-4-6-10(8-11)12(14)16-18/h4,6-9,18H,3,5H2,1-2H3,(H2,14,16)(H,15,17). The molecule has 0 saturated heterocycles. The van der Waals surface area contributed by atoms with Crippen LogP contribution >= 0.6 is 0 Å². The van der Waals surface area contributed by atoms with Crippen LogP contribution in [0.1, 0.15) is 32.3 Å². The number of hydrogen-bond donors (Lipinski definition) is 3. The van der Waals surface area contributed by atoms with E-state index in [-0.39, 0.29) is 17.7 Å². The molecule has 1 aromatic carbocycles. The first-order valence-electron chi connectivity index (χ1n) is 5.97. The fraction of sp³-hybridized carbons (Fsp3) is 0.385. The summed E-state index contributed by atoms with van der Waals surface area (Å²) in [7, 11) is 0. The Bertz CT molecular complexity index is 444. The molecule has 18 heavy (non-hydrogen) atoms. The number of rotatable bonds is 5. The van der Waals surface area contributed by atoms with Gasteiger partial charge in [-0.15, -0.1) is 0 Å². The number of oxime groups is 1. The fourth-order valence-corrected chi connectivity index (χ4v) is 1.64. The third-order valence-electron chi connectivity index (χ3n) is 2.70. The number of nitrogens with zero attached hydrogens (tertiary/aromatic N) is 1. The van der Waals surface area contributed by atoms with Gasteiger partial charge in [0, 0.05) is 17.2 Å². The summed E-state index contributed by atoms with van der Waals surface area (Å²) in [5.74, 6) is -0.0243. The van der Waals surface area contributed by atoms with Crippen molar-refractivity contribution in [3.05, 3.63) is 29.8 Å². The van der Waals surface area contributed by atoms with Gasteiger partial charge >= 0.3 is 0 Å². The molecule has 0 aliphatic heterocycles. The number of amides is 1. The zero-order chi connectivity index (χ0) is 13.5. The summed E-state index contributed by atoms with van der Waals surface area (Å²) >= 11 is 0. The molecule has 0 aliphatic rings. The van der Waals surface area contributed by atoms with E-state index in [0.29, 0.717) is 11.3 Å². The van der Waals surface area contributed by atoms with Crippen LogP contribution in [0.5, 0.6) is 0 Å². The highest BCUT2D eigenvalue weighted by molar-refractivity contribution is 5.99. The topological polar surface area (TPSA) is 87.7 Å². The van der Waals surface area contributed by atoms with Gasteiger partial charge < -0.3 is 16.3 Å². The van der Waals surface area contributed by atoms with Crippen LogP contribution in [-0.2, 0) is 4.79 Å². The second-order valence-corrected chi connectivity index (χ2v) is 4.25. The first kappa shape index (κ1) is 14.0. The average Bonchev–Trinajstić information content (AvgIpc) is 2.38. The van der Waals surface area contributed by atoms with Gasteiger partial charge in [-0.3, -0.25) is 4.79 Å². The minimum absolute atomic E-state index is 0.0199. The van der Waals surface area contributed by atoms with Crippen LogP contribution in [0.3, 0.4) is 0 Å². The maximum Gasteiger partial charge on any atom is 0.227 e. The molecule has 0 saturated carbocycles. The van der Waals surface area contributed by atoms with Crippen LogP contribution in [0.25, 0.3) is 0 Å². The van der Waals surface area contributed by atoms with E-state index in [0.717, 1.165) is 12.8 Å². The van der Waals surface area contributed by atoms with Gasteiger partial charge in [0.05, 0.1) is 0 Å². The van der Waals surface area contributed by atoms with Crippen molar-refractivity contribution in [2.24, 2.45) is 16.8 Å². The smallest absolute Gasteiger partial charge is 0.227 e. The van der Waals surface area contributed by atoms with Gasteiger partial charge in [0.25, 0.3) is 0 Å². The molecule has 1 rings (SSSR count). The third kappa shape index (κ3) is 3.76. The first-order valence-corrected chi connectivity index (χ1v) is 5.97. The highest BCUT2D eigenvalue weighted by Gasteiger charge is 2.12.